The van der Waals surface area contributed by atoms with Crippen LogP contribution in [0.25, 0.3) is 11.1 Å². The number of halogens is 1. The lowest BCUT2D eigenvalue weighted by Crippen LogP contribution is -2.40. The highest BCUT2D eigenvalue weighted by atomic mass is 35.5. The minimum Gasteiger partial charge on any atom is -0.373 e. The van der Waals surface area contributed by atoms with E-state index in [1.807, 2.05) is 4.68 Å². The molecule has 4 rings (SSSR count). The Morgan fingerprint density at radius 3 is 2.97 bits per heavy atom. The third-order valence-corrected chi connectivity index (χ3v) is 5.79. The zero-order valence-electron chi connectivity index (χ0n) is 16.3. The third-order valence-electron chi connectivity index (χ3n) is 5.48. The highest BCUT2D eigenvalue weighted by Gasteiger charge is 2.28. The fourth-order valence-corrected chi connectivity index (χ4v) is 4.29. The number of aromatic nitrogens is 3. The number of amides is 2. The molecule has 154 valence electrons. The van der Waals surface area contributed by atoms with Crippen LogP contribution in [0.3, 0.4) is 0 Å². The van der Waals surface area contributed by atoms with Gasteiger partial charge in [-0.2, -0.15) is 5.10 Å². The molecule has 2 atom stereocenters. The molecular weight excluding hydrogens is 394 g/mol. The summed E-state index contributed by atoms with van der Waals surface area (Å²) in [6.07, 6.45) is 6.57. The van der Waals surface area contributed by atoms with Crippen molar-refractivity contribution in [3.8, 4) is 11.1 Å². The molecule has 1 aliphatic heterocycles. The van der Waals surface area contributed by atoms with Crippen molar-refractivity contribution in [3.05, 3.63) is 29.2 Å². The number of hydrogen-bond acceptors (Lipinski definition) is 5. The van der Waals surface area contributed by atoms with E-state index >= 15 is 0 Å². The Morgan fingerprint density at radius 1 is 1.28 bits per heavy atom. The molecule has 8 nitrogen and oxygen atoms in total. The largest absolute Gasteiger partial charge is 0.373 e. The molecule has 0 saturated heterocycles. The fourth-order valence-electron chi connectivity index (χ4n) is 4.09. The lowest BCUT2D eigenvalue weighted by Gasteiger charge is -2.28. The summed E-state index contributed by atoms with van der Waals surface area (Å²) in [5.41, 5.74) is 2.62. The first-order valence-corrected chi connectivity index (χ1v) is 10.3. The molecule has 3 heterocycles. The molecule has 29 heavy (non-hydrogen) atoms. The number of rotatable bonds is 4. The van der Waals surface area contributed by atoms with E-state index in [-0.39, 0.29) is 23.8 Å². The molecule has 0 bridgehead atoms. The number of ether oxygens (including phenoxy) is 1. The van der Waals surface area contributed by atoms with Gasteiger partial charge in [-0.25, -0.2) is 4.98 Å². The minimum atomic E-state index is -0.154. The zero-order valence-corrected chi connectivity index (χ0v) is 17.0. The molecule has 2 aliphatic rings. The lowest BCUT2D eigenvalue weighted by atomic mass is 9.85. The van der Waals surface area contributed by atoms with Crippen LogP contribution in [0.4, 0.5) is 5.82 Å². The standard InChI is InChI=1S/C20H24ClN5O3/c1-12(27)24-14-4-2-3-13(7-14)20(28)25-19-8-15(17(21)10-22-19)16-9-23-26-5-6-29-11-18(16)26/h8-10,13-14H,2-7,11H2,1H3,(H,24,27)(H,22,25,28). The molecule has 0 aromatic carbocycles. The summed E-state index contributed by atoms with van der Waals surface area (Å²) < 4.78 is 7.46. The second kappa shape index (κ2) is 8.51. The van der Waals surface area contributed by atoms with E-state index in [0.29, 0.717) is 37.0 Å². The van der Waals surface area contributed by atoms with E-state index in [1.165, 1.54) is 6.92 Å². The van der Waals surface area contributed by atoms with Gasteiger partial charge in [-0.1, -0.05) is 18.0 Å². The van der Waals surface area contributed by atoms with Crippen LogP contribution in [-0.4, -0.2) is 39.2 Å². The molecule has 1 fully saturated rings. The number of anilines is 1. The van der Waals surface area contributed by atoms with Crippen LogP contribution in [0.5, 0.6) is 0 Å². The SMILES string of the molecule is CC(=O)NC1CCCC(C(=O)Nc2cc(-c3cnn4c3COCC4)c(Cl)cn2)C1. The van der Waals surface area contributed by atoms with Crippen LogP contribution >= 0.6 is 11.6 Å². The molecule has 2 aromatic heterocycles. The number of nitrogens with zero attached hydrogens (tertiary/aromatic N) is 3. The Bertz CT molecular complexity index is 929. The van der Waals surface area contributed by atoms with Gasteiger partial charge in [0.2, 0.25) is 11.8 Å². The summed E-state index contributed by atoms with van der Waals surface area (Å²) in [5, 5.41) is 10.7. The molecule has 1 aliphatic carbocycles. The summed E-state index contributed by atoms with van der Waals surface area (Å²) in [7, 11) is 0. The maximum Gasteiger partial charge on any atom is 0.228 e. The van der Waals surface area contributed by atoms with Crippen molar-refractivity contribution >= 4 is 29.2 Å². The molecule has 9 heteroatoms. The smallest absolute Gasteiger partial charge is 0.228 e. The van der Waals surface area contributed by atoms with Gasteiger partial charge in [-0.05, 0) is 25.3 Å². The van der Waals surface area contributed by atoms with E-state index in [4.69, 9.17) is 16.3 Å². The summed E-state index contributed by atoms with van der Waals surface area (Å²) in [6.45, 7) is 3.32. The first-order valence-electron chi connectivity index (χ1n) is 9.87. The van der Waals surface area contributed by atoms with E-state index < -0.39 is 0 Å². The monoisotopic (exact) mass is 417 g/mol. The first-order chi connectivity index (χ1) is 14.0. The third kappa shape index (κ3) is 4.43. The van der Waals surface area contributed by atoms with Crippen LogP contribution in [0.2, 0.25) is 5.02 Å². The second-order valence-electron chi connectivity index (χ2n) is 7.58. The second-order valence-corrected chi connectivity index (χ2v) is 7.99. The van der Waals surface area contributed by atoms with Gasteiger partial charge in [0.1, 0.15) is 5.82 Å². The summed E-state index contributed by atoms with van der Waals surface area (Å²) in [4.78, 5) is 28.4. The molecule has 2 N–H and O–H groups in total. The quantitative estimate of drug-likeness (QED) is 0.797. The highest BCUT2D eigenvalue weighted by molar-refractivity contribution is 6.33. The van der Waals surface area contributed by atoms with Crippen LogP contribution in [0.1, 0.15) is 38.3 Å². The Balaban J connectivity index is 1.50. The average Bonchev–Trinajstić information content (AvgIpc) is 3.13. The summed E-state index contributed by atoms with van der Waals surface area (Å²) in [6, 6.07) is 1.82. The molecule has 1 saturated carbocycles. The summed E-state index contributed by atoms with van der Waals surface area (Å²) in [5.74, 6) is 0.154. The molecule has 2 aromatic rings. The van der Waals surface area contributed by atoms with E-state index in [0.717, 1.165) is 36.1 Å². The molecule has 2 amide bonds. The number of hydrogen-bond donors (Lipinski definition) is 2. The van der Waals surface area contributed by atoms with Gasteiger partial charge in [-0.3, -0.25) is 14.3 Å². The maximum absolute atomic E-state index is 12.8. The fraction of sp³-hybridized carbons (Fsp3) is 0.500. The van der Waals surface area contributed by atoms with Crippen LogP contribution in [0, 0.1) is 5.92 Å². The average molecular weight is 418 g/mol. The van der Waals surface area contributed by atoms with Crippen molar-refractivity contribution in [2.45, 2.75) is 51.8 Å². The van der Waals surface area contributed by atoms with Crippen molar-refractivity contribution in [1.82, 2.24) is 20.1 Å². The van der Waals surface area contributed by atoms with Gasteiger partial charge in [-0.15, -0.1) is 0 Å². The predicted molar refractivity (Wildman–Crippen MR) is 108 cm³/mol. The van der Waals surface area contributed by atoms with Gasteiger partial charge < -0.3 is 15.4 Å². The van der Waals surface area contributed by atoms with E-state index in [1.54, 1.807) is 18.5 Å². The Labute approximate surface area is 174 Å². The molecule has 2 unspecified atom stereocenters. The summed E-state index contributed by atoms with van der Waals surface area (Å²) >= 11 is 6.39. The first kappa shape index (κ1) is 19.8. The maximum atomic E-state index is 12.8. The Hall–Kier alpha value is -2.45. The van der Waals surface area contributed by atoms with Crippen molar-refractivity contribution in [1.29, 1.82) is 0 Å². The zero-order chi connectivity index (χ0) is 20.4. The van der Waals surface area contributed by atoms with Crippen molar-refractivity contribution < 1.29 is 14.3 Å². The molecular formula is C20H24ClN5O3. The molecule has 0 radical (unpaired) electrons. The van der Waals surface area contributed by atoms with E-state index in [2.05, 4.69) is 20.7 Å². The minimum absolute atomic E-state index is 0.0460. The molecule has 0 spiro atoms. The van der Waals surface area contributed by atoms with Crippen molar-refractivity contribution in [3.63, 3.8) is 0 Å². The number of pyridine rings is 1. The number of fused-ring (bicyclic) bond motifs is 1. The van der Waals surface area contributed by atoms with Crippen LogP contribution in [0.15, 0.2) is 18.5 Å². The van der Waals surface area contributed by atoms with Crippen LogP contribution in [-0.2, 0) is 27.5 Å². The lowest BCUT2D eigenvalue weighted by molar-refractivity contribution is -0.123. The van der Waals surface area contributed by atoms with Gasteiger partial charge in [0, 0.05) is 36.2 Å². The van der Waals surface area contributed by atoms with Crippen molar-refractivity contribution in [2.75, 3.05) is 11.9 Å². The highest BCUT2D eigenvalue weighted by Crippen LogP contribution is 2.33. The van der Waals surface area contributed by atoms with Gasteiger partial charge in [0.15, 0.2) is 0 Å². The number of carbonyl (C=O) groups excluding carboxylic acids is 2. The van der Waals surface area contributed by atoms with Gasteiger partial charge in [0.25, 0.3) is 0 Å². The number of nitrogens with one attached hydrogen (secondary N) is 2. The van der Waals surface area contributed by atoms with Gasteiger partial charge in [0.05, 0.1) is 36.7 Å². The van der Waals surface area contributed by atoms with Crippen LogP contribution < -0.4 is 10.6 Å². The Morgan fingerprint density at radius 2 is 2.14 bits per heavy atom. The topological polar surface area (TPSA) is 98.1 Å². The van der Waals surface area contributed by atoms with Gasteiger partial charge >= 0.3 is 0 Å². The predicted octanol–water partition coefficient (Wildman–Crippen LogP) is 2.76. The Kier molecular flexibility index (Phi) is 5.82. The van der Waals surface area contributed by atoms with Crippen molar-refractivity contribution in [2.24, 2.45) is 5.92 Å². The number of carbonyl (C=O) groups is 2. The van der Waals surface area contributed by atoms with E-state index in [9.17, 15) is 9.59 Å². The normalized spacial score (nSPS) is 21.3.